The molecule has 2 aromatic rings. The summed E-state index contributed by atoms with van der Waals surface area (Å²) in [5.41, 5.74) is 0. The summed E-state index contributed by atoms with van der Waals surface area (Å²) in [6, 6.07) is 15.6. The van der Waals surface area contributed by atoms with Crippen LogP contribution >= 0.6 is 0 Å². The monoisotopic (exact) mass is 280 g/mol. The van der Waals surface area contributed by atoms with Crippen molar-refractivity contribution in [1.82, 2.24) is 4.90 Å². The molecule has 1 aliphatic heterocycles. The lowest BCUT2D eigenvalue weighted by molar-refractivity contribution is -0.133. The third kappa shape index (κ3) is 2.68. The fourth-order valence-corrected chi connectivity index (χ4v) is 2.74. The van der Waals surface area contributed by atoms with Crippen molar-refractivity contribution in [3.63, 3.8) is 0 Å². The van der Waals surface area contributed by atoms with Gasteiger partial charge in [0.15, 0.2) is 6.61 Å². The fraction of sp³-hybridized carbons (Fsp3) is 0.294. The lowest BCUT2D eigenvalue weighted by Gasteiger charge is -2.19. The third-order valence-electron chi connectivity index (χ3n) is 3.82. The van der Waals surface area contributed by atoms with Crippen LogP contribution in [-0.2, 0) is 4.79 Å². The molecule has 1 heterocycles. The molecule has 0 saturated carbocycles. The van der Waals surface area contributed by atoms with Crippen LogP contribution in [0.15, 0.2) is 42.5 Å². The van der Waals surface area contributed by atoms with E-state index in [1.165, 1.54) is 0 Å². The van der Waals surface area contributed by atoms with E-state index in [-0.39, 0.29) is 18.6 Å². The molecule has 3 rings (SSSR count). The number of likely N-dealkylation sites (tertiary alicyclic amines) is 1. The highest BCUT2D eigenvalue weighted by atomic mass is 16.5. The number of carbonyl (C=O) groups excluding carboxylic acids is 1. The van der Waals surface area contributed by atoms with Crippen LogP contribution in [0.5, 0.6) is 5.75 Å². The third-order valence-corrected chi connectivity index (χ3v) is 3.82. The van der Waals surface area contributed by atoms with E-state index in [9.17, 15) is 4.79 Å². The summed E-state index contributed by atoms with van der Waals surface area (Å²) >= 11 is 0. The van der Waals surface area contributed by atoms with E-state index in [0.717, 1.165) is 23.6 Å². The first-order valence-electron chi connectivity index (χ1n) is 7.09. The molecule has 2 aromatic carbocycles. The maximum absolute atomic E-state index is 12.2. The molecule has 4 nitrogen and oxygen atoms in total. The molecule has 0 unspecified atom stereocenters. The Balaban J connectivity index is 1.72. The molecule has 1 atom stereocenters. The highest BCUT2D eigenvalue weighted by molar-refractivity contribution is 5.88. The first kappa shape index (κ1) is 13.4. The molecule has 0 N–H and O–H groups in total. The highest BCUT2D eigenvalue weighted by Crippen LogP contribution is 2.25. The fourth-order valence-electron chi connectivity index (χ4n) is 2.74. The molecule has 0 spiro atoms. The number of ether oxygens (including phenoxy) is 1. The molecule has 1 saturated heterocycles. The average Bonchev–Trinajstić information content (AvgIpc) is 3.01. The minimum atomic E-state index is -0.298. The number of carbonyl (C=O) groups is 1. The number of hydrogen-bond donors (Lipinski definition) is 0. The molecule has 0 bridgehead atoms. The summed E-state index contributed by atoms with van der Waals surface area (Å²) in [4.78, 5) is 13.8. The van der Waals surface area contributed by atoms with Gasteiger partial charge in [0.05, 0.1) is 6.07 Å². The van der Waals surface area contributed by atoms with Crippen molar-refractivity contribution in [2.75, 3.05) is 13.2 Å². The smallest absolute Gasteiger partial charge is 0.261 e. The second-order valence-corrected chi connectivity index (χ2v) is 5.14. The van der Waals surface area contributed by atoms with Crippen molar-refractivity contribution >= 4 is 16.7 Å². The van der Waals surface area contributed by atoms with Gasteiger partial charge in [0.2, 0.25) is 0 Å². The van der Waals surface area contributed by atoms with Gasteiger partial charge >= 0.3 is 0 Å². The minimum absolute atomic E-state index is 0.0216. The second-order valence-electron chi connectivity index (χ2n) is 5.14. The molecule has 106 valence electrons. The summed E-state index contributed by atoms with van der Waals surface area (Å²) in [6.07, 6.45) is 1.65. The quantitative estimate of drug-likeness (QED) is 0.868. The number of nitriles is 1. The van der Waals surface area contributed by atoms with E-state index in [1.807, 2.05) is 42.5 Å². The van der Waals surface area contributed by atoms with Crippen LogP contribution in [0, 0.1) is 11.3 Å². The van der Waals surface area contributed by atoms with E-state index in [1.54, 1.807) is 4.90 Å². The number of nitrogens with zero attached hydrogens (tertiary/aromatic N) is 2. The number of amides is 1. The van der Waals surface area contributed by atoms with Crippen LogP contribution < -0.4 is 4.74 Å². The summed E-state index contributed by atoms with van der Waals surface area (Å²) < 4.78 is 5.69. The van der Waals surface area contributed by atoms with Gasteiger partial charge in [0, 0.05) is 11.9 Å². The molecule has 1 aliphatic rings. The van der Waals surface area contributed by atoms with Gasteiger partial charge in [-0.25, -0.2) is 0 Å². The molecule has 1 fully saturated rings. The molecule has 0 aromatic heterocycles. The zero-order chi connectivity index (χ0) is 14.7. The number of rotatable bonds is 3. The van der Waals surface area contributed by atoms with Crippen molar-refractivity contribution in [3.05, 3.63) is 42.5 Å². The summed E-state index contributed by atoms with van der Waals surface area (Å²) in [5, 5.41) is 11.1. The van der Waals surface area contributed by atoms with Crippen molar-refractivity contribution in [1.29, 1.82) is 5.26 Å². The van der Waals surface area contributed by atoms with Crippen LogP contribution in [0.1, 0.15) is 12.8 Å². The van der Waals surface area contributed by atoms with Crippen LogP contribution in [-0.4, -0.2) is 30.0 Å². The minimum Gasteiger partial charge on any atom is -0.483 e. The van der Waals surface area contributed by atoms with Gasteiger partial charge in [-0.15, -0.1) is 0 Å². The molecular weight excluding hydrogens is 264 g/mol. The van der Waals surface area contributed by atoms with Crippen molar-refractivity contribution in [2.45, 2.75) is 18.9 Å². The molecular formula is C17H16N2O2. The van der Waals surface area contributed by atoms with Gasteiger partial charge in [0.25, 0.3) is 5.91 Å². The summed E-state index contributed by atoms with van der Waals surface area (Å²) in [6.45, 7) is 0.627. The van der Waals surface area contributed by atoms with E-state index in [2.05, 4.69) is 6.07 Å². The van der Waals surface area contributed by atoms with Gasteiger partial charge < -0.3 is 9.64 Å². The zero-order valence-corrected chi connectivity index (χ0v) is 11.7. The van der Waals surface area contributed by atoms with E-state index < -0.39 is 0 Å². The Kier molecular flexibility index (Phi) is 3.74. The maximum Gasteiger partial charge on any atom is 0.261 e. The standard InChI is InChI=1S/C17H16N2O2/c18-11-14-7-4-10-19(14)17(20)12-21-16-9-3-6-13-5-1-2-8-15(13)16/h1-3,5-6,8-9,14H,4,7,10,12H2/t14-/m0/s1. The van der Waals surface area contributed by atoms with E-state index >= 15 is 0 Å². The average molecular weight is 280 g/mol. The Morgan fingerprint density at radius 1 is 1.29 bits per heavy atom. The van der Waals surface area contributed by atoms with Crippen LogP contribution in [0.3, 0.4) is 0 Å². The van der Waals surface area contributed by atoms with Crippen molar-refractivity contribution in [2.24, 2.45) is 0 Å². The van der Waals surface area contributed by atoms with E-state index in [0.29, 0.717) is 12.3 Å². The Hall–Kier alpha value is -2.54. The lowest BCUT2D eigenvalue weighted by Crippen LogP contribution is -2.37. The second kappa shape index (κ2) is 5.84. The largest absolute Gasteiger partial charge is 0.483 e. The first-order chi connectivity index (χ1) is 10.3. The lowest BCUT2D eigenvalue weighted by atomic mass is 10.1. The van der Waals surface area contributed by atoms with Gasteiger partial charge in [-0.05, 0) is 24.3 Å². The number of hydrogen-bond acceptors (Lipinski definition) is 3. The molecule has 0 radical (unpaired) electrons. The molecule has 0 aliphatic carbocycles. The van der Waals surface area contributed by atoms with E-state index in [4.69, 9.17) is 10.00 Å². The Labute approximate surface area is 123 Å². The Morgan fingerprint density at radius 3 is 2.95 bits per heavy atom. The maximum atomic E-state index is 12.2. The van der Waals surface area contributed by atoms with Gasteiger partial charge in [-0.3, -0.25) is 4.79 Å². The Morgan fingerprint density at radius 2 is 2.10 bits per heavy atom. The van der Waals surface area contributed by atoms with Gasteiger partial charge in [-0.2, -0.15) is 5.26 Å². The van der Waals surface area contributed by atoms with Crippen LogP contribution in [0.2, 0.25) is 0 Å². The van der Waals surface area contributed by atoms with Gasteiger partial charge in [-0.1, -0.05) is 36.4 Å². The first-order valence-corrected chi connectivity index (χ1v) is 7.09. The Bertz CT molecular complexity index is 700. The number of fused-ring (bicyclic) bond motifs is 1. The van der Waals surface area contributed by atoms with Crippen molar-refractivity contribution < 1.29 is 9.53 Å². The predicted molar refractivity (Wildman–Crippen MR) is 79.8 cm³/mol. The SMILES string of the molecule is N#C[C@@H]1CCCN1C(=O)COc1cccc2ccccc12. The summed E-state index contributed by atoms with van der Waals surface area (Å²) in [7, 11) is 0. The molecule has 1 amide bonds. The van der Waals surface area contributed by atoms with Gasteiger partial charge in [0.1, 0.15) is 11.8 Å². The molecule has 21 heavy (non-hydrogen) atoms. The topological polar surface area (TPSA) is 53.3 Å². The molecule has 4 heteroatoms. The number of benzene rings is 2. The van der Waals surface area contributed by atoms with Crippen LogP contribution in [0.4, 0.5) is 0 Å². The van der Waals surface area contributed by atoms with Crippen molar-refractivity contribution in [3.8, 4) is 11.8 Å². The zero-order valence-electron chi connectivity index (χ0n) is 11.7. The summed E-state index contributed by atoms with van der Waals surface area (Å²) in [5.74, 6) is 0.584. The van der Waals surface area contributed by atoms with Crippen LogP contribution in [0.25, 0.3) is 10.8 Å². The predicted octanol–water partition coefficient (Wildman–Crippen LogP) is 2.73. The normalized spacial score (nSPS) is 17.7. The highest BCUT2D eigenvalue weighted by Gasteiger charge is 2.28.